The van der Waals surface area contributed by atoms with Gasteiger partial charge in [0.2, 0.25) is 5.88 Å². The molecule has 7 nitrogen and oxygen atoms in total. The van der Waals surface area contributed by atoms with Gasteiger partial charge in [0.15, 0.2) is 5.82 Å². The van der Waals surface area contributed by atoms with Crippen LogP contribution in [0.15, 0.2) is 30.6 Å². The van der Waals surface area contributed by atoms with Crippen molar-refractivity contribution in [2.75, 3.05) is 29.5 Å². The van der Waals surface area contributed by atoms with E-state index in [4.69, 9.17) is 14.5 Å². The van der Waals surface area contributed by atoms with Crippen LogP contribution in [0.4, 0.5) is 16.3 Å². The van der Waals surface area contributed by atoms with Crippen molar-refractivity contribution in [3.05, 3.63) is 41.7 Å². The number of carbonyl (C=O) groups excluding carboxylic acids is 1. The molecule has 2 aromatic rings. The van der Waals surface area contributed by atoms with Crippen molar-refractivity contribution in [1.29, 1.82) is 0 Å². The molecule has 152 valence electrons. The number of hydrogen-bond acceptors (Lipinski definition) is 6. The van der Waals surface area contributed by atoms with Crippen LogP contribution in [0, 0.1) is 0 Å². The lowest BCUT2D eigenvalue weighted by Gasteiger charge is -2.32. The molecule has 1 aromatic heterocycles. The predicted octanol–water partition coefficient (Wildman–Crippen LogP) is 3.71. The molecular weight excluding hydrogens is 368 g/mol. The highest BCUT2D eigenvalue weighted by atomic mass is 16.6. The Morgan fingerprint density at radius 2 is 2.00 bits per heavy atom. The Morgan fingerprint density at radius 1 is 1.10 bits per heavy atom. The van der Waals surface area contributed by atoms with Gasteiger partial charge < -0.3 is 14.4 Å². The van der Waals surface area contributed by atoms with Gasteiger partial charge in [0.05, 0.1) is 24.6 Å². The molecule has 2 aliphatic heterocycles. The summed E-state index contributed by atoms with van der Waals surface area (Å²) in [6, 6.07) is 6.15. The van der Waals surface area contributed by atoms with E-state index in [1.165, 1.54) is 30.4 Å². The number of nitrogens with zero attached hydrogens (tertiary/aromatic N) is 4. The van der Waals surface area contributed by atoms with Gasteiger partial charge in [-0.05, 0) is 49.3 Å². The van der Waals surface area contributed by atoms with Crippen molar-refractivity contribution in [3.63, 3.8) is 0 Å². The Labute approximate surface area is 170 Å². The minimum absolute atomic E-state index is 0.251. The molecule has 0 unspecified atom stereocenters. The molecule has 0 spiro atoms. The SMILES string of the molecule is O=C1OCCN1c1cccc2c1CCN(c1cncc(OC3CCCCC3)n1)C2. The third-order valence-electron chi connectivity index (χ3n) is 6.06. The molecule has 1 amide bonds. The summed E-state index contributed by atoms with van der Waals surface area (Å²) in [7, 11) is 0. The second-order valence-electron chi connectivity index (χ2n) is 7.95. The smallest absolute Gasteiger partial charge is 0.414 e. The fourth-order valence-electron chi connectivity index (χ4n) is 4.55. The first-order valence-electron chi connectivity index (χ1n) is 10.6. The summed E-state index contributed by atoms with van der Waals surface area (Å²) in [6.07, 6.45) is 10.3. The summed E-state index contributed by atoms with van der Waals surface area (Å²) in [6.45, 7) is 2.64. The van der Waals surface area contributed by atoms with Crippen molar-refractivity contribution in [1.82, 2.24) is 9.97 Å². The van der Waals surface area contributed by atoms with Gasteiger partial charge in [-0.15, -0.1) is 0 Å². The van der Waals surface area contributed by atoms with Gasteiger partial charge >= 0.3 is 6.09 Å². The van der Waals surface area contributed by atoms with E-state index in [1.807, 2.05) is 12.1 Å². The first-order valence-corrected chi connectivity index (χ1v) is 10.6. The lowest BCUT2D eigenvalue weighted by molar-refractivity contribution is 0.148. The van der Waals surface area contributed by atoms with E-state index < -0.39 is 0 Å². The Morgan fingerprint density at radius 3 is 2.83 bits per heavy atom. The molecule has 29 heavy (non-hydrogen) atoms. The maximum atomic E-state index is 12.0. The van der Waals surface area contributed by atoms with Gasteiger partial charge in [0.25, 0.3) is 0 Å². The van der Waals surface area contributed by atoms with Crippen molar-refractivity contribution in [2.24, 2.45) is 0 Å². The lowest BCUT2D eigenvalue weighted by Crippen LogP contribution is -2.33. The minimum atomic E-state index is -0.251. The van der Waals surface area contributed by atoms with Crippen molar-refractivity contribution in [2.45, 2.75) is 51.2 Å². The van der Waals surface area contributed by atoms with Crippen molar-refractivity contribution in [3.8, 4) is 5.88 Å². The predicted molar refractivity (Wildman–Crippen MR) is 109 cm³/mol. The van der Waals surface area contributed by atoms with Gasteiger partial charge in [0.1, 0.15) is 12.7 Å². The van der Waals surface area contributed by atoms with Crippen molar-refractivity contribution >= 4 is 17.6 Å². The highest BCUT2D eigenvalue weighted by molar-refractivity contribution is 5.90. The van der Waals surface area contributed by atoms with Crippen LogP contribution >= 0.6 is 0 Å². The molecule has 0 bridgehead atoms. The molecule has 1 saturated heterocycles. The number of benzene rings is 1. The second-order valence-corrected chi connectivity index (χ2v) is 7.95. The van der Waals surface area contributed by atoms with E-state index in [0.717, 1.165) is 43.9 Å². The highest BCUT2D eigenvalue weighted by Crippen LogP contribution is 2.32. The van der Waals surface area contributed by atoms with Crippen LogP contribution in [-0.4, -0.2) is 41.9 Å². The zero-order valence-corrected chi connectivity index (χ0v) is 16.5. The van der Waals surface area contributed by atoms with Gasteiger partial charge in [0, 0.05) is 13.1 Å². The van der Waals surface area contributed by atoms with Crippen LogP contribution in [0.5, 0.6) is 5.88 Å². The summed E-state index contributed by atoms with van der Waals surface area (Å²) in [4.78, 5) is 25.1. The quantitative estimate of drug-likeness (QED) is 0.788. The highest BCUT2D eigenvalue weighted by Gasteiger charge is 2.29. The number of ether oxygens (including phenoxy) is 2. The first-order chi connectivity index (χ1) is 14.3. The summed E-state index contributed by atoms with van der Waals surface area (Å²) >= 11 is 0. The summed E-state index contributed by atoms with van der Waals surface area (Å²) < 4.78 is 11.2. The average Bonchev–Trinajstić information content (AvgIpc) is 3.19. The number of aromatic nitrogens is 2. The molecule has 0 N–H and O–H groups in total. The van der Waals surface area contributed by atoms with Crippen LogP contribution < -0.4 is 14.5 Å². The molecule has 5 rings (SSSR count). The second kappa shape index (κ2) is 7.89. The van der Waals surface area contributed by atoms with E-state index in [1.54, 1.807) is 17.3 Å². The number of amides is 1. The van der Waals surface area contributed by atoms with E-state index >= 15 is 0 Å². The minimum Gasteiger partial charge on any atom is -0.473 e. The lowest BCUT2D eigenvalue weighted by atomic mass is 9.97. The normalized spacial score (nSPS) is 19.8. The maximum absolute atomic E-state index is 12.0. The fraction of sp³-hybridized carbons (Fsp3) is 0.500. The van der Waals surface area contributed by atoms with Crippen LogP contribution in [0.1, 0.15) is 43.2 Å². The monoisotopic (exact) mass is 394 g/mol. The molecule has 1 aliphatic carbocycles. The molecule has 3 aliphatic rings. The van der Waals surface area contributed by atoms with E-state index in [-0.39, 0.29) is 12.2 Å². The number of carbonyl (C=O) groups is 1. The average molecular weight is 394 g/mol. The Kier molecular flexibility index (Phi) is 4.96. The number of anilines is 2. The van der Waals surface area contributed by atoms with E-state index in [2.05, 4.69) is 16.0 Å². The van der Waals surface area contributed by atoms with Crippen LogP contribution in [-0.2, 0) is 17.7 Å². The standard InChI is InChI=1S/C22H26N4O3/c27-22-26(11-12-28-22)19-8-4-5-16-15-25(10-9-18(16)19)20-13-23-14-21(24-20)29-17-6-2-1-3-7-17/h4-5,8,13-14,17H,1-3,6-7,9-12,15H2. The summed E-state index contributed by atoms with van der Waals surface area (Å²) in [5.41, 5.74) is 3.42. The molecule has 1 saturated carbocycles. The van der Waals surface area contributed by atoms with E-state index in [9.17, 15) is 4.79 Å². The largest absolute Gasteiger partial charge is 0.473 e. The van der Waals surface area contributed by atoms with Crippen LogP contribution in [0.3, 0.4) is 0 Å². The van der Waals surface area contributed by atoms with Crippen LogP contribution in [0.25, 0.3) is 0 Å². The Bertz CT molecular complexity index is 897. The summed E-state index contributed by atoms with van der Waals surface area (Å²) in [5, 5.41) is 0. The van der Waals surface area contributed by atoms with Gasteiger partial charge in [-0.3, -0.25) is 9.88 Å². The fourth-order valence-corrected chi connectivity index (χ4v) is 4.55. The third-order valence-corrected chi connectivity index (χ3v) is 6.06. The Hall–Kier alpha value is -2.83. The Balaban J connectivity index is 1.33. The molecule has 2 fully saturated rings. The molecule has 0 radical (unpaired) electrons. The topological polar surface area (TPSA) is 67.8 Å². The van der Waals surface area contributed by atoms with Crippen molar-refractivity contribution < 1.29 is 14.3 Å². The maximum Gasteiger partial charge on any atom is 0.414 e. The van der Waals surface area contributed by atoms with E-state index in [0.29, 0.717) is 19.0 Å². The molecule has 7 heteroatoms. The molecule has 1 aromatic carbocycles. The number of rotatable bonds is 4. The zero-order valence-electron chi connectivity index (χ0n) is 16.5. The zero-order chi connectivity index (χ0) is 19.6. The third kappa shape index (κ3) is 3.73. The van der Waals surface area contributed by atoms with Gasteiger partial charge in [-0.25, -0.2) is 4.79 Å². The molecular formula is C22H26N4O3. The van der Waals surface area contributed by atoms with Gasteiger partial charge in [-0.1, -0.05) is 18.6 Å². The number of fused-ring (bicyclic) bond motifs is 1. The summed E-state index contributed by atoms with van der Waals surface area (Å²) in [5.74, 6) is 1.46. The molecule has 3 heterocycles. The molecule has 0 atom stereocenters. The first kappa shape index (κ1) is 18.2. The number of hydrogen-bond donors (Lipinski definition) is 0. The van der Waals surface area contributed by atoms with Crippen LogP contribution in [0.2, 0.25) is 0 Å². The van der Waals surface area contributed by atoms with Gasteiger partial charge in [-0.2, -0.15) is 4.98 Å². The number of cyclic esters (lactones) is 1.